The standard InChI is InChI=1S/C28H34N8O2/c1-2-27(37)34-11-9-32(10-12-34)24-3-7-33(8-4-24)26-15-21(19-36-28(26)22(16-29)17-31-36)23-18-30-35(20-23)25-5-13-38-14-6-25/h2,15,17-20,24-25H,1,3-14H2. The van der Waals surface area contributed by atoms with E-state index in [9.17, 15) is 10.1 Å². The number of carbonyl (C=O) groups is 1. The normalized spacial score (nSPS) is 20.1. The lowest BCUT2D eigenvalue weighted by molar-refractivity contribution is -0.128. The summed E-state index contributed by atoms with van der Waals surface area (Å²) < 4.78 is 9.43. The molecule has 3 aromatic rings. The Morgan fingerprint density at radius 2 is 1.74 bits per heavy atom. The van der Waals surface area contributed by atoms with E-state index < -0.39 is 0 Å². The number of carbonyl (C=O) groups excluding carboxylic acids is 1. The maximum absolute atomic E-state index is 11.9. The average molecular weight is 515 g/mol. The van der Waals surface area contributed by atoms with Crippen molar-refractivity contribution in [2.45, 2.75) is 37.8 Å². The molecule has 0 atom stereocenters. The summed E-state index contributed by atoms with van der Waals surface area (Å²) >= 11 is 0. The summed E-state index contributed by atoms with van der Waals surface area (Å²) in [4.78, 5) is 18.8. The second-order valence-corrected chi connectivity index (χ2v) is 10.4. The van der Waals surface area contributed by atoms with Crippen molar-refractivity contribution in [2.75, 3.05) is 57.4 Å². The van der Waals surface area contributed by atoms with Gasteiger partial charge in [-0.2, -0.15) is 15.5 Å². The molecule has 0 spiro atoms. The van der Waals surface area contributed by atoms with Crippen LogP contribution in [0.5, 0.6) is 0 Å². The molecule has 0 aliphatic carbocycles. The lowest BCUT2D eigenvalue weighted by Gasteiger charge is -2.43. The minimum Gasteiger partial charge on any atom is -0.381 e. The molecule has 10 nitrogen and oxygen atoms in total. The van der Waals surface area contributed by atoms with Crippen LogP contribution in [-0.2, 0) is 9.53 Å². The number of rotatable bonds is 5. The highest BCUT2D eigenvalue weighted by Gasteiger charge is 2.30. The zero-order chi connectivity index (χ0) is 26.1. The van der Waals surface area contributed by atoms with Gasteiger partial charge in [-0.3, -0.25) is 14.4 Å². The number of amides is 1. The SMILES string of the molecule is C=CC(=O)N1CCN(C2CCN(c3cc(-c4cnn(C5CCOCC5)c4)cn4ncc(C#N)c34)CC2)CC1. The number of ether oxygens (including phenoxy) is 1. The van der Waals surface area contributed by atoms with Crippen LogP contribution in [0.3, 0.4) is 0 Å². The van der Waals surface area contributed by atoms with Gasteiger partial charge in [-0.05, 0) is 37.8 Å². The molecule has 3 fully saturated rings. The lowest BCUT2D eigenvalue weighted by atomic mass is 10.0. The number of nitriles is 1. The van der Waals surface area contributed by atoms with E-state index in [2.05, 4.69) is 49.6 Å². The molecule has 0 radical (unpaired) electrons. The maximum Gasteiger partial charge on any atom is 0.246 e. The van der Waals surface area contributed by atoms with Crippen LogP contribution in [-0.4, -0.2) is 93.6 Å². The van der Waals surface area contributed by atoms with Crippen LogP contribution in [0, 0.1) is 11.3 Å². The molecule has 38 heavy (non-hydrogen) atoms. The van der Waals surface area contributed by atoms with Crippen LogP contribution in [0.1, 0.15) is 37.3 Å². The van der Waals surface area contributed by atoms with Crippen molar-refractivity contribution in [2.24, 2.45) is 0 Å². The summed E-state index contributed by atoms with van der Waals surface area (Å²) in [5.41, 5.74) is 4.60. The topological polar surface area (TPSA) is 94.9 Å². The number of hydrogen-bond donors (Lipinski definition) is 0. The number of fused-ring (bicyclic) bond motifs is 1. The fraction of sp³-hybridized carbons (Fsp3) is 0.500. The quantitative estimate of drug-likeness (QED) is 0.483. The van der Waals surface area contributed by atoms with Crippen molar-refractivity contribution in [3.63, 3.8) is 0 Å². The Kier molecular flexibility index (Phi) is 6.87. The fourth-order valence-corrected chi connectivity index (χ4v) is 6.13. The van der Waals surface area contributed by atoms with E-state index in [1.807, 2.05) is 21.8 Å². The van der Waals surface area contributed by atoms with Gasteiger partial charge in [0.05, 0.1) is 29.7 Å². The molecule has 6 heterocycles. The lowest BCUT2D eigenvalue weighted by Crippen LogP contribution is -2.54. The molecule has 198 valence electrons. The van der Waals surface area contributed by atoms with Gasteiger partial charge >= 0.3 is 0 Å². The maximum atomic E-state index is 11.9. The van der Waals surface area contributed by atoms with E-state index in [-0.39, 0.29) is 5.91 Å². The Morgan fingerprint density at radius 3 is 2.45 bits per heavy atom. The fourth-order valence-electron chi connectivity index (χ4n) is 6.13. The number of hydrogen-bond acceptors (Lipinski definition) is 7. The van der Waals surface area contributed by atoms with E-state index >= 15 is 0 Å². The van der Waals surface area contributed by atoms with E-state index in [1.165, 1.54) is 6.08 Å². The molecule has 0 saturated carbocycles. The van der Waals surface area contributed by atoms with Crippen LogP contribution in [0.25, 0.3) is 16.6 Å². The van der Waals surface area contributed by atoms with Gasteiger partial charge in [0.25, 0.3) is 0 Å². The van der Waals surface area contributed by atoms with Crippen LogP contribution in [0.4, 0.5) is 5.69 Å². The first-order chi connectivity index (χ1) is 18.6. The molecule has 0 N–H and O–H groups in total. The predicted octanol–water partition coefficient (Wildman–Crippen LogP) is 2.72. The highest BCUT2D eigenvalue weighted by molar-refractivity contribution is 5.87. The molecule has 6 rings (SSSR count). The van der Waals surface area contributed by atoms with E-state index in [0.717, 1.165) is 100 Å². The third kappa shape index (κ3) is 4.68. The first-order valence-electron chi connectivity index (χ1n) is 13.6. The summed E-state index contributed by atoms with van der Waals surface area (Å²) in [6, 6.07) is 5.40. The van der Waals surface area contributed by atoms with Crippen LogP contribution in [0.15, 0.2) is 43.5 Å². The van der Waals surface area contributed by atoms with E-state index in [0.29, 0.717) is 17.6 Å². The summed E-state index contributed by atoms with van der Waals surface area (Å²) in [7, 11) is 0. The Labute approximate surface area is 222 Å². The van der Waals surface area contributed by atoms with Gasteiger partial charge in [-0.1, -0.05) is 6.58 Å². The average Bonchev–Trinajstić information content (AvgIpc) is 3.65. The number of pyridine rings is 1. The number of aromatic nitrogens is 4. The molecule has 3 aliphatic heterocycles. The number of nitrogens with zero attached hydrogens (tertiary/aromatic N) is 8. The summed E-state index contributed by atoms with van der Waals surface area (Å²) in [6.45, 7) is 10.3. The summed E-state index contributed by atoms with van der Waals surface area (Å²) in [5, 5.41) is 19.0. The van der Waals surface area contributed by atoms with Gasteiger partial charge in [0.2, 0.25) is 5.91 Å². The zero-order valence-corrected chi connectivity index (χ0v) is 21.7. The first kappa shape index (κ1) is 24.6. The van der Waals surface area contributed by atoms with Crippen LogP contribution in [0.2, 0.25) is 0 Å². The molecule has 3 saturated heterocycles. The third-order valence-electron chi connectivity index (χ3n) is 8.33. The van der Waals surface area contributed by atoms with Gasteiger partial charge in [0.15, 0.2) is 0 Å². The minimum atomic E-state index is 0.0239. The molecule has 3 aliphatic rings. The van der Waals surface area contributed by atoms with E-state index in [1.54, 1.807) is 6.20 Å². The molecule has 0 aromatic carbocycles. The van der Waals surface area contributed by atoms with Crippen molar-refractivity contribution < 1.29 is 9.53 Å². The first-order valence-corrected chi connectivity index (χ1v) is 13.6. The number of piperazine rings is 1. The molecule has 0 unspecified atom stereocenters. The predicted molar refractivity (Wildman–Crippen MR) is 144 cm³/mol. The monoisotopic (exact) mass is 514 g/mol. The molecular weight excluding hydrogens is 480 g/mol. The summed E-state index contributed by atoms with van der Waals surface area (Å²) in [5.74, 6) is 0.0239. The summed E-state index contributed by atoms with van der Waals surface area (Å²) in [6.07, 6.45) is 13.2. The Balaban J connectivity index is 1.21. The molecule has 0 bridgehead atoms. The van der Waals surface area contributed by atoms with Gasteiger partial charge in [-0.25, -0.2) is 4.52 Å². The molecule has 3 aromatic heterocycles. The second-order valence-electron chi connectivity index (χ2n) is 10.4. The van der Waals surface area contributed by atoms with Crippen molar-refractivity contribution in [3.8, 4) is 17.2 Å². The largest absolute Gasteiger partial charge is 0.381 e. The van der Waals surface area contributed by atoms with Crippen molar-refractivity contribution in [3.05, 3.63) is 49.1 Å². The van der Waals surface area contributed by atoms with Crippen molar-refractivity contribution >= 4 is 17.1 Å². The van der Waals surface area contributed by atoms with Crippen LogP contribution < -0.4 is 4.90 Å². The Morgan fingerprint density at radius 1 is 0.974 bits per heavy atom. The highest BCUT2D eigenvalue weighted by Crippen LogP contribution is 2.34. The number of piperidine rings is 1. The van der Waals surface area contributed by atoms with Gasteiger partial charge in [0, 0.05) is 82.0 Å². The van der Waals surface area contributed by atoms with Crippen molar-refractivity contribution in [1.29, 1.82) is 5.26 Å². The zero-order valence-electron chi connectivity index (χ0n) is 21.7. The third-order valence-corrected chi connectivity index (χ3v) is 8.33. The van der Waals surface area contributed by atoms with E-state index in [4.69, 9.17) is 4.74 Å². The molecular formula is C28H34N8O2. The van der Waals surface area contributed by atoms with Gasteiger partial charge in [-0.15, -0.1) is 0 Å². The van der Waals surface area contributed by atoms with Crippen LogP contribution >= 0.6 is 0 Å². The van der Waals surface area contributed by atoms with Crippen molar-refractivity contribution in [1.82, 2.24) is 29.2 Å². The number of anilines is 1. The Bertz CT molecular complexity index is 1350. The van der Waals surface area contributed by atoms with Gasteiger partial charge in [0.1, 0.15) is 11.6 Å². The Hall–Kier alpha value is -3.68. The van der Waals surface area contributed by atoms with Gasteiger partial charge < -0.3 is 14.5 Å². The highest BCUT2D eigenvalue weighted by atomic mass is 16.5. The smallest absolute Gasteiger partial charge is 0.246 e. The second kappa shape index (κ2) is 10.6. The molecule has 1 amide bonds. The minimum absolute atomic E-state index is 0.0239. The molecule has 10 heteroatoms.